The minimum atomic E-state index is -0.339. The zero-order valence-corrected chi connectivity index (χ0v) is 12.1. The number of aromatic nitrogens is 2. The number of hydrogen-bond donors (Lipinski definition) is 1. The monoisotopic (exact) mass is 282 g/mol. The van der Waals surface area contributed by atoms with Crippen molar-refractivity contribution in [2.75, 3.05) is 18.1 Å². The third-order valence-electron chi connectivity index (χ3n) is 3.90. The summed E-state index contributed by atoms with van der Waals surface area (Å²) in [4.78, 5) is 13.1. The van der Waals surface area contributed by atoms with Gasteiger partial charge in [-0.05, 0) is 39.5 Å². The fraction of sp³-hybridized carbons (Fsp3) is 0.769. The van der Waals surface area contributed by atoms with Gasteiger partial charge in [-0.3, -0.25) is 10.1 Å². The molecule has 1 saturated carbocycles. The summed E-state index contributed by atoms with van der Waals surface area (Å²) >= 11 is 0. The molecule has 112 valence electrons. The number of anilines is 1. The van der Waals surface area contributed by atoms with Gasteiger partial charge in [0.1, 0.15) is 5.69 Å². The third-order valence-corrected chi connectivity index (χ3v) is 3.90. The molecule has 7 nitrogen and oxygen atoms in total. The number of aliphatic hydroxyl groups is 1. The van der Waals surface area contributed by atoms with E-state index in [9.17, 15) is 10.1 Å². The summed E-state index contributed by atoms with van der Waals surface area (Å²) in [5.74, 6) is 0.605. The fourth-order valence-corrected chi connectivity index (χ4v) is 2.68. The van der Waals surface area contributed by atoms with E-state index in [2.05, 4.69) is 10.00 Å². The van der Waals surface area contributed by atoms with Crippen LogP contribution in [-0.2, 0) is 6.54 Å². The van der Waals surface area contributed by atoms with E-state index in [4.69, 9.17) is 5.11 Å². The first-order valence-electron chi connectivity index (χ1n) is 7.19. The van der Waals surface area contributed by atoms with Gasteiger partial charge in [-0.15, -0.1) is 0 Å². The molecular weight excluding hydrogens is 260 g/mol. The zero-order chi connectivity index (χ0) is 14.7. The molecule has 1 heterocycles. The lowest BCUT2D eigenvalue weighted by molar-refractivity contribution is -0.384. The van der Waals surface area contributed by atoms with Crippen LogP contribution in [0.1, 0.15) is 38.3 Å². The van der Waals surface area contributed by atoms with Gasteiger partial charge in [-0.1, -0.05) is 0 Å². The average Bonchev–Trinajstić information content (AvgIpc) is 2.68. The molecule has 1 aromatic rings. The Hall–Kier alpha value is -1.63. The predicted octanol–water partition coefficient (Wildman–Crippen LogP) is 1.86. The lowest BCUT2D eigenvalue weighted by Crippen LogP contribution is -2.42. The van der Waals surface area contributed by atoms with Gasteiger partial charge >= 0.3 is 5.69 Å². The topological polar surface area (TPSA) is 84.4 Å². The van der Waals surface area contributed by atoms with Gasteiger partial charge in [0.05, 0.1) is 4.92 Å². The lowest BCUT2D eigenvalue weighted by atomic mass is 9.91. The van der Waals surface area contributed by atoms with Gasteiger partial charge in [0.25, 0.3) is 0 Å². The molecule has 1 N–H and O–H groups in total. The van der Waals surface area contributed by atoms with Crippen LogP contribution >= 0.6 is 0 Å². The highest BCUT2D eigenvalue weighted by Crippen LogP contribution is 2.37. The van der Waals surface area contributed by atoms with Crippen LogP contribution in [0, 0.1) is 17.0 Å². The Bertz CT molecular complexity index is 482. The summed E-state index contributed by atoms with van der Waals surface area (Å²) in [6, 6.07) is 0.335. The fourth-order valence-electron chi connectivity index (χ4n) is 2.68. The zero-order valence-electron chi connectivity index (χ0n) is 12.1. The maximum Gasteiger partial charge on any atom is 0.333 e. The molecule has 0 amide bonds. The molecular formula is C13H22N4O3. The first-order chi connectivity index (χ1) is 9.60. The maximum absolute atomic E-state index is 11.4. The molecule has 1 aliphatic rings. The first kappa shape index (κ1) is 14.8. The van der Waals surface area contributed by atoms with E-state index in [0.29, 0.717) is 37.1 Å². The number of nitro groups is 1. The van der Waals surface area contributed by atoms with E-state index < -0.39 is 0 Å². The van der Waals surface area contributed by atoms with Crippen LogP contribution in [-0.4, -0.2) is 39.0 Å². The van der Waals surface area contributed by atoms with Gasteiger partial charge in [0.2, 0.25) is 5.82 Å². The second-order valence-electron chi connectivity index (χ2n) is 5.19. The predicted molar refractivity (Wildman–Crippen MR) is 76.0 cm³/mol. The van der Waals surface area contributed by atoms with Crippen LogP contribution in [0.25, 0.3) is 0 Å². The lowest BCUT2D eigenvalue weighted by Gasteiger charge is -2.38. The number of aryl methyl sites for hydroxylation is 2. The van der Waals surface area contributed by atoms with Gasteiger partial charge in [0, 0.05) is 25.7 Å². The van der Waals surface area contributed by atoms with E-state index in [0.717, 1.165) is 19.3 Å². The van der Waals surface area contributed by atoms with Crippen molar-refractivity contribution in [1.29, 1.82) is 0 Å². The van der Waals surface area contributed by atoms with Crippen molar-refractivity contribution in [3.63, 3.8) is 0 Å². The van der Waals surface area contributed by atoms with Crippen molar-refractivity contribution in [3.05, 3.63) is 15.8 Å². The standard InChI is InChI=1S/C13H22N4O3/c1-3-16-13(12(17(19)20)10(2)14-16)15(8-5-9-18)11-6-4-7-11/h11,18H,3-9H2,1-2H3. The van der Waals surface area contributed by atoms with Crippen LogP contribution in [0.5, 0.6) is 0 Å². The molecule has 0 radical (unpaired) electrons. The molecule has 20 heavy (non-hydrogen) atoms. The largest absolute Gasteiger partial charge is 0.396 e. The molecule has 1 aliphatic carbocycles. The Balaban J connectivity index is 2.41. The van der Waals surface area contributed by atoms with Crippen molar-refractivity contribution in [3.8, 4) is 0 Å². The highest BCUT2D eigenvalue weighted by Gasteiger charge is 2.34. The summed E-state index contributed by atoms with van der Waals surface area (Å²) in [7, 11) is 0. The molecule has 1 aromatic heterocycles. The van der Waals surface area contributed by atoms with Crippen LogP contribution in [0.15, 0.2) is 0 Å². The third kappa shape index (κ3) is 2.63. The molecule has 0 aromatic carbocycles. The van der Waals surface area contributed by atoms with Crippen molar-refractivity contribution in [2.24, 2.45) is 0 Å². The van der Waals surface area contributed by atoms with Gasteiger partial charge in [-0.25, -0.2) is 4.68 Å². The van der Waals surface area contributed by atoms with Crippen LogP contribution in [0.2, 0.25) is 0 Å². The molecule has 1 fully saturated rings. The van der Waals surface area contributed by atoms with Gasteiger partial charge in [-0.2, -0.15) is 5.10 Å². The molecule has 2 rings (SSSR count). The quantitative estimate of drug-likeness (QED) is 0.609. The molecule has 0 saturated heterocycles. The Labute approximate surface area is 118 Å². The van der Waals surface area contributed by atoms with E-state index in [1.165, 1.54) is 0 Å². The van der Waals surface area contributed by atoms with E-state index in [1.54, 1.807) is 11.6 Å². The van der Waals surface area contributed by atoms with Crippen LogP contribution < -0.4 is 4.90 Å². The molecule has 0 spiro atoms. The van der Waals surface area contributed by atoms with Gasteiger partial charge < -0.3 is 10.0 Å². The Kier molecular flexibility index (Phi) is 4.59. The van der Waals surface area contributed by atoms with Crippen molar-refractivity contribution >= 4 is 11.5 Å². The number of nitrogens with zero attached hydrogens (tertiary/aromatic N) is 4. The molecule has 7 heteroatoms. The highest BCUT2D eigenvalue weighted by molar-refractivity contribution is 5.62. The van der Waals surface area contributed by atoms with E-state index >= 15 is 0 Å². The second kappa shape index (κ2) is 6.21. The minimum absolute atomic E-state index is 0.0935. The van der Waals surface area contributed by atoms with Gasteiger partial charge in [0.15, 0.2) is 0 Å². The summed E-state index contributed by atoms with van der Waals surface area (Å²) in [5, 5.41) is 24.7. The normalized spacial score (nSPS) is 15.2. The SMILES string of the molecule is CCn1nc(C)c([N+](=O)[O-])c1N(CCCO)C1CCC1. The molecule has 0 aliphatic heterocycles. The Morgan fingerprint density at radius 2 is 2.25 bits per heavy atom. The number of hydrogen-bond acceptors (Lipinski definition) is 5. The van der Waals surface area contributed by atoms with Crippen LogP contribution in [0.3, 0.4) is 0 Å². The van der Waals surface area contributed by atoms with E-state index in [1.807, 2.05) is 6.92 Å². The average molecular weight is 282 g/mol. The molecule has 0 atom stereocenters. The smallest absolute Gasteiger partial charge is 0.333 e. The Morgan fingerprint density at radius 3 is 2.70 bits per heavy atom. The van der Waals surface area contributed by atoms with Crippen LogP contribution in [0.4, 0.5) is 11.5 Å². The summed E-state index contributed by atoms with van der Waals surface area (Å²) in [5.41, 5.74) is 0.567. The minimum Gasteiger partial charge on any atom is -0.396 e. The summed E-state index contributed by atoms with van der Waals surface area (Å²) < 4.78 is 1.71. The van der Waals surface area contributed by atoms with Crippen molar-refractivity contribution in [1.82, 2.24) is 9.78 Å². The number of rotatable bonds is 7. The highest BCUT2D eigenvalue weighted by atomic mass is 16.6. The summed E-state index contributed by atoms with van der Waals surface area (Å²) in [6.07, 6.45) is 3.88. The maximum atomic E-state index is 11.4. The summed E-state index contributed by atoms with van der Waals surface area (Å²) in [6.45, 7) is 4.94. The van der Waals surface area contributed by atoms with E-state index in [-0.39, 0.29) is 17.2 Å². The first-order valence-corrected chi connectivity index (χ1v) is 7.19. The molecule has 0 bridgehead atoms. The second-order valence-corrected chi connectivity index (χ2v) is 5.19. The Morgan fingerprint density at radius 1 is 1.55 bits per heavy atom. The van der Waals surface area contributed by atoms with Crippen molar-refractivity contribution < 1.29 is 10.0 Å². The van der Waals surface area contributed by atoms with Crippen molar-refractivity contribution in [2.45, 2.75) is 52.1 Å². The molecule has 0 unspecified atom stereocenters. The number of aliphatic hydroxyl groups excluding tert-OH is 1.